The topological polar surface area (TPSA) is 64.3 Å². The molecule has 0 atom stereocenters. The van der Waals surface area contributed by atoms with Crippen LogP contribution in [0.15, 0.2) is 97.7 Å². The lowest BCUT2D eigenvalue weighted by molar-refractivity contribution is 0.484. The molecule has 3 heterocycles. The van der Waals surface area contributed by atoms with Gasteiger partial charge in [0, 0.05) is 36.9 Å². The molecule has 0 spiro atoms. The molecule has 0 aliphatic heterocycles. The van der Waals surface area contributed by atoms with Crippen molar-refractivity contribution in [3.05, 3.63) is 103 Å². The number of rotatable bonds is 7. The summed E-state index contributed by atoms with van der Waals surface area (Å²) >= 11 is 0. The quantitative estimate of drug-likeness (QED) is 0.400. The first-order valence-corrected chi connectivity index (χ1v) is 10.2. The van der Waals surface area contributed by atoms with Gasteiger partial charge in [-0.25, -0.2) is 9.97 Å². The Kier molecular flexibility index (Phi) is 5.26. The number of para-hydroxylation sites is 2. The number of imidazole rings is 1. The van der Waals surface area contributed by atoms with Gasteiger partial charge in [-0.2, -0.15) is 0 Å². The number of nitrogens with zero attached hydrogens (tertiary/aromatic N) is 4. The number of ether oxygens (including phenoxy) is 1. The number of fused-ring (bicyclic) bond motifs is 1. The van der Waals surface area contributed by atoms with Gasteiger partial charge in [-0.3, -0.25) is 9.38 Å². The molecule has 0 aliphatic rings. The Labute approximate surface area is 180 Å². The zero-order chi connectivity index (χ0) is 20.9. The molecule has 0 fully saturated rings. The predicted octanol–water partition coefficient (Wildman–Crippen LogP) is 5.24. The van der Waals surface area contributed by atoms with E-state index in [2.05, 4.69) is 26.3 Å². The molecular weight excluding hydrogens is 386 g/mol. The van der Waals surface area contributed by atoms with Crippen LogP contribution in [0.4, 0.5) is 5.82 Å². The third-order valence-electron chi connectivity index (χ3n) is 4.99. The molecule has 6 nitrogen and oxygen atoms in total. The van der Waals surface area contributed by atoms with Gasteiger partial charge in [0.25, 0.3) is 0 Å². The van der Waals surface area contributed by atoms with Crippen LogP contribution >= 0.6 is 0 Å². The van der Waals surface area contributed by atoms with Crippen molar-refractivity contribution in [2.75, 3.05) is 11.9 Å². The molecule has 5 rings (SSSR count). The average molecular weight is 407 g/mol. The van der Waals surface area contributed by atoms with E-state index in [1.807, 2.05) is 83.7 Å². The normalized spacial score (nSPS) is 10.8. The van der Waals surface area contributed by atoms with Crippen LogP contribution in [0, 0.1) is 0 Å². The Balaban J connectivity index is 1.43. The van der Waals surface area contributed by atoms with Crippen molar-refractivity contribution >= 4 is 11.5 Å². The smallest absolute Gasteiger partial charge is 0.180 e. The van der Waals surface area contributed by atoms with Crippen molar-refractivity contribution in [1.82, 2.24) is 19.4 Å². The molecule has 3 aromatic heterocycles. The largest absolute Gasteiger partial charge is 0.457 e. The summed E-state index contributed by atoms with van der Waals surface area (Å²) in [7, 11) is 0. The number of aromatic nitrogens is 4. The number of hydrogen-bond donors (Lipinski definition) is 1. The van der Waals surface area contributed by atoms with Crippen LogP contribution in [-0.4, -0.2) is 25.9 Å². The number of nitrogens with one attached hydrogen (secondary N) is 1. The van der Waals surface area contributed by atoms with Crippen molar-refractivity contribution in [3.8, 4) is 22.8 Å². The van der Waals surface area contributed by atoms with Gasteiger partial charge in [-0.15, -0.1) is 0 Å². The van der Waals surface area contributed by atoms with E-state index in [-0.39, 0.29) is 0 Å². The minimum absolute atomic E-state index is 0.744. The second kappa shape index (κ2) is 8.67. The van der Waals surface area contributed by atoms with Crippen molar-refractivity contribution < 1.29 is 4.74 Å². The van der Waals surface area contributed by atoms with Crippen molar-refractivity contribution in [2.24, 2.45) is 0 Å². The third-order valence-corrected chi connectivity index (χ3v) is 4.99. The van der Waals surface area contributed by atoms with Gasteiger partial charge >= 0.3 is 0 Å². The van der Waals surface area contributed by atoms with E-state index < -0.39 is 0 Å². The van der Waals surface area contributed by atoms with Crippen LogP contribution in [0.1, 0.15) is 5.56 Å². The summed E-state index contributed by atoms with van der Waals surface area (Å²) in [5.74, 6) is 2.32. The molecule has 0 unspecified atom stereocenters. The lowest BCUT2D eigenvalue weighted by Crippen LogP contribution is -2.08. The molecule has 152 valence electrons. The molecule has 5 aromatic rings. The van der Waals surface area contributed by atoms with E-state index in [1.54, 1.807) is 12.4 Å². The highest BCUT2D eigenvalue weighted by atomic mass is 16.5. The summed E-state index contributed by atoms with van der Waals surface area (Å²) in [6, 6.07) is 21.8. The molecule has 0 bridgehead atoms. The molecule has 0 radical (unpaired) electrons. The molecule has 0 saturated carbocycles. The molecule has 0 saturated heterocycles. The lowest BCUT2D eigenvalue weighted by atomic mass is 10.1. The van der Waals surface area contributed by atoms with Crippen LogP contribution in [-0.2, 0) is 6.42 Å². The van der Waals surface area contributed by atoms with Gasteiger partial charge in [0.2, 0.25) is 0 Å². The summed E-state index contributed by atoms with van der Waals surface area (Å²) in [6.45, 7) is 0.744. The van der Waals surface area contributed by atoms with Crippen LogP contribution in [0.5, 0.6) is 11.5 Å². The number of pyridine rings is 1. The van der Waals surface area contributed by atoms with E-state index in [0.29, 0.717) is 0 Å². The molecule has 0 aliphatic carbocycles. The highest BCUT2D eigenvalue weighted by Crippen LogP contribution is 2.34. The zero-order valence-corrected chi connectivity index (χ0v) is 16.8. The van der Waals surface area contributed by atoms with E-state index in [4.69, 9.17) is 4.74 Å². The van der Waals surface area contributed by atoms with Crippen LogP contribution in [0.3, 0.4) is 0 Å². The standard InChI is InChI=1S/C25H21N5O/c1-2-8-20(9-3-1)31-23-11-5-4-10-21(23)22-18-29-25-24(28-15-16-30(22)25)27-14-12-19-7-6-13-26-17-19/h1-11,13,15-18H,12,14H2,(H,27,28). The van der Waals surface area contributed by atoms with Gasteiger partial charge < -0.3 is 10.1 Å². The van der Waals surface area contributed by atoms with E-state index in [0.717, 1.165) is 47.2 Å². The highest BCUT2D eigenvalue weighted by Gasteiger charge is 2.14. The SMILES string of the molecule is c1ccc(Oc2ccccc2-c2cnc3c(NCCc4cccnc4)nccn23)cc1. The molecule has 6 heteroatoms. The molecule has 31 heavy (non-hydrogen) atoms. The monoisotopic (exact) mass is 407 g/mol. The van der Waals surface area contributed by atoms with Gasteiger partial charge in [0.05, 0.1) is 11.9 Å². The Morgan fingerprint density at radius 3 is 2.58 bits per heavy atom. The van der Waals surface area contributed by atoms with E-state index in [1.165, 1.54) is 5.56 Å². The fraction of sp³-hybridized carbons (Fsp3) is 0.0800. The average Bonchev–Trinajstić information content (AvgIpc) is 3.26. The van der Waals surface area contributed by atoms with Gasteiger partial charge in [0.1, 0.15) is 11.5 Å². The number of anilines is 1. The Hall–Kier alpha value is -4.19. The first kappa shape index (κ1) is 18.8. The summed E-state index contributed by atoms with van der Waals surface area (Å²) in [5, 5.41) is 3.40. The van der Waals surface area contributed by atoms with Crippen LogP contribution in [0.25, 0.3) is 16.9 Å². The summed E-state index contributed by atoms with van der Waals surface area (Å²) in [4.78, 5) is 13.3. The van der Waals surface area contributed by atoms with Gasteiger partial charge in [-0.1, -0.05) is 36.4 Å². The van der Waals surface area contributed by atoms with E-state index in [9.17, 15) is 0 Å². The maximum absolute atomic E-state index is 6.15. The fourth-order valence-electron chi connectivity index (χ4n) is 3.50. The maximum atomic E-state index is 6.15. The van der Waals surface area contributed by atoms with Crippen LogP contribution < -0.4 is 10.1 Å². The number of benzene rings is 2. The van der Waals surface area contributed by atoms with Crippen molar-refractivity contribution in [2.45, 2.75) is 6.42 Å². The summed E-state index contributed by atoms with van der Waals surface area (Å²) in [5.41, 5.74) is 3.86. The molecule has 0 amide bonds. The lowest BCUT2D eigenvalue weighted by Gasteiger charge is -2.11. The van der Waals surface area contributed by atoms with Crippen molar-refractivity contribution in [3.63, 3.8) is 0 Å². The molecule has 1 N–H and O–H groups in total. The minimum Gasteiger partial charge on any atom is -0.457 e. The Morgan fingerprint density at radius 1 is 0.839 bits per heavy atom. The second-order valence-electron chi connectivity index (χ2n) is 7.06. The van der Waals surface area contributed by atoms with Crippen LogP contribution in [0.2, 0.25) is 0 Å². The predicted molar refractivity (Wildman–Crippen MR) is 121 cm³/mol. The van der Waals surface area contributed by atoms with E-state index >= 15 is 0 Å². The minimum atomic E-state index is 0.744. The molecule has 2 aromatic carbocycles. The maximum Gasteiger partial charge on any atom is 0.180 e. The molecular formula is C25H21N5O. The number of hydrogen-bond acceptors (Lipinski definition) is 5. The summed E-state index contributed by atoms with van der Waals surface area (Å²) < 4.78 is 8.18. The first-order valence-electron chi connectivity index (χ1n) is 10.2. The summed E-state index contributed by atoms with van der Waals surface area (Å²) in [6.07, 6.45) is 10.1. The zero-order valence-electron chi connectivity index (χ0n) is 16.8. The van der Waals surface area contributed by atoms with Gasteiger partial charge in [-0.05, 0) is 42.3 Å². The second-order valence-corrected chi connectivity index (χ2v) is 7.06. The Bertz CT molecular complexity index is 1290. The van der Waals surface area contributed by atoms with Gasteiger partial charge in [0.15, 0.2) is 11.5 Å². The van der Waals surface area contributed by atoms with Crippen molar-refractivity contribution in [1.29, 1.82) is 0 Å². The highest BCUT2D eigenvalue weighted by molar-refractivity contribution is 5.74. The third kappa shape index (κ3) is 4.09. The first-order chi connectivity index (χ1) is 15.4. The Morgan fingerprint density at radius 2 is 1.71 bits per heavy atom. The fourth-order valence-corrected chi connectivity index (χ4v) is 3.50.